The average Bonchev–Trinajstić information content (AvgIpc) is 2.26. The number of hydrogen-bond donors (Lipinski definition) is 3. The highest BCUT2D eigenvalue weighted by Gasteiger charge is 2.22. The maximum absolute atomic E-state index is 10.3. The van der Waals surface area contributed by atoms with Gasteiger partial charge in [0.1, 0.15) is 0 Å². The highest BCUT2D eigenvalue weighted by molar-refractivity contribution is 5.72. The van der Waals surface area contributed by atoms with Crippen molar-refractivity contribution in [3.63, 3.8) is 0 Å². The smallest absolute Gasteiger partial charge is 0.335 e. The predicted molar refractivity (Wildman–Crippen MR) is 62.3 cm³/mol. The minimum atomic E-state index is -1.64. The topological polar surface area (TPSA) is 77.8 Å². The Morgan fingerprint density at radius 1 is 1.00 bits per heavy atom. The van der Waals surface area contributed by atoms with Crippen molar-refractivity contribution in [3.05, 3.63) is 0 Å². The van der Waals surface area contributed by atoms with E-state index in [1.54, 1.807) is 0 Å². The number of hydrogen-bond acceptors (Lipinski definition) is 3. The number of carboxylic acids is 1. The van der Waals surface area contributed by atoms with Crippen LogP contribution in [0.3, 0.4) is 0 Å². The Morgan fingerprint density at radius 3 is 2.00 bits per heavy atom. The molecule has 0 unspecified atom stereocenters. The molecular formula is C12H24O4. The van der Waals surface area contributed by atoms with Gasteiger partial charge in [0.15, 0.2) is 6.10 Å². The lowest BCUT2D eigenvalue weighted by Gasteiger charge is -2.13. The van der Waals surface area contributed by atoms with E-state index < -0.39 is 18.2 Å². The molecule has 2 atom stereocenters. The van der Waals surface area contributed by atoms with E-state index >= 15 is 0 Å². The molecule has 0 bridgehead atoms. The number of aliphatic hydroxyl groups excluding tert-OH is 2. The summed E-state index contributed by atoms with van der Waals surface area (Å²) in [5.74, 6) is -1.35. The summed E-state index contributed by atoms with van der Waals surface area (Å²) < 4.78 is 0. The summed E-state index contributed by atoms with van der Waals surface area (Å²) in [7, 11) is 0. The van der Waals surface area contributed by atoms with Crippen LogP contribution < -0.4 is 0 Å². The minimum Gasteiger partial charge on any atom is -0.479 e. The van der Waals surface area contributed by atoms with Crippen molar-refractivity contribution in [1.29, 1.82) is 0 Å². The van der Waals surface area contributed by atoms with Crippen molar-refractivity contribution in [3.8, 4) is 0 Å². The van der Waals surface area contributed by atoms with Crippen molar-refractivity contribution in [2.75, 3.05) is 0 Å². The molecule has 0 rings (SSSR count). The van der Waals surface area contributed by atoms with Crippen LogP contribution in [-0.2, 0) is 4.79 Å². The summed E-state index contributed by atoms with van der Waals surface area (Å²) >= 11 is 0. The first-order valence-corrected chi connectivity index (χ1v) is 6.18. The molecule has 16 heavy (non-hydrogen) atoms. The Kier molecular flexibility index (Phi) is 9.24. The van der Waals surface area contributed by atoms with Crippen LogP contribution in [0.1, 0.15) is 58.3 Å². The largest absolute Gasteiger partial charge is 0.479 e. The molecule has 0 radical (unpaired) electrons. The summed E-state index contributed by atoms with van der Waals surface area (Å²) in [4.78, 5) is 10.3. The first-order valence-electron chi connectivity index (χ1n) is 6.18. The van der Waals surface area contributed by atoms with E-state index in [0.29, 0.717) is 6.42 Å². The molecule has 0 aliphatic rings. The molecule has 4 nitrogen and oxygen atoms in total. The SMILES string of the molecule is CCCCCCCCC[C@@H](O)[C@H](O)C(=O)O. The normalized spacial score (nSPS) is 14.7. The van der Waals surface area contributed by atoms with Gasteiger partial charge in [-0.1, -0.05) is 51.9 Å². The second-order valence-electron chi connectivity index (χ2n) is 4.26. The fraction of sp³-hybridized carbons (Fsp3) is 0.917. The molecular weight excluding hydrogens is 208 g/mol. The van der Waals surface area contributed by atoms with E-state index in [1.807, 2.05) is 0 Å². The van der Waals surface area contributed by atoms with Gasteiger partial charge in [-0.2, -0.15) is 0 Å². The van der Waals surface area contributed by atoms with Gasteiger partial charge in [-0.25, -0.2) is 4.79 Å². The Bertz CT molecular complexity index is 182. The molecule has 0 aromatic heterocycles. The molecule has 96 valence electrons. The standard InChI is InChI=1S/C12H24O4/c1-2-3-4-5-6-7-8-9-10(13)11(14)12(15)16/h10-11,13-14H,2-9H2,1H3,(H,15,16)/t10-,11+/m1/s1. The molecule has 0 spiro atoms. The fourth-order valence-corrected chi connectivity index (χ4v) is 1.63. The molecule has 0 aliphatic carbocycles. The number of aliphatic hydroxyl groups is 2. The van der Waals surface area contributed by atoms with Gasteiger partial charge in [-0.3, -0.25) is 0 Å². The molecule has 0 aliphatic heterocycles. The van der Waals surface area contributed by atoms with Crippen LogP contribution in [0.15, 0.2) is 0 Å². The number of aliphatic carboxylic acids is 1. The monoisotopic (exact) mass is 232 g/mol. The number of carboxylic acid groups (broad SMARTS) is 1. The Labute approximate surface area is 97.3 Å². The summed E-state index contributed by atoms with van der Waals surface area (Å²) in [6.45, 7) is 2.17. The molecule has 0 aromatic rings. The van der Waals surface area contributed by atoms with Crippen molar-refractivity contribution in [2.45, 2.75) is 70.5 Å². The molecule has 0 saturated heterocycles. The van der Waals surface area contributed by atoms with Crippen molar-refractivity contribution in [2.24, 2.45) is 0 Å². The van der Waals surface area contributed by atoms with E-state index in [-0.39, 0.29) is 0 Å². The van der Waals surface area contributed by atoms with Gasteiger partial charge < -0.3 is 15.3 Å². The third-order valence-electron chi connectivity index (χ3n) is 2.72. The quantitative estimate of drug-likeness (QED) is 0.503. The lowest BCUT2D eigenvalue weighted by molar-refractivity contribution is -0.153. The number of unbranched alkanes of at least 4 members (excludes halogenated alkanes) is 6. The predicted octanol–water partition coefficient (Wildman–Crippen LogP) is 1.93. The van der Waals surface area contributed by atoms with Gasteiger partial charge in [0.25, 0.3) is 0 Å². The van der Waals surface area contributed by atoms with Crippen LogP contribution in [-0.4, -0.2) is 33.5 Å². The van der Waals surface area contributed by atoms with Crippen molar-refractivity contribution in [1.82, 2.24) is 0 Å². The zero-order chi connectivity index (χ0) is 12.4. The molecule has 0 saturated carbocycles. The van der Waals surface area contributed by atoms with Crippen LogP contribution >= 0.6 is 0 Å². The zero-order valence-corrected chi connectivity index (χ0v) is 10.1. The first-order chi connectivity index (χ1) is 7.59. The third-order valence-corrected chi connectivity index (χ3v) is 2.72. The maximum atomic E-state index is 10.3. The lowest BCUT2D eigenvalue weighted by atomic mass is 10.0. The number of carbonyl (C=O) groups is 1. The van der Waals surface area contributed by atoms with E-state index in [9.17, 15) is 9.90 Å². The second-order valence-corrected chi connectivity index (χ2v) is 4.26. The van der Waals surface area contributed by atoms with Gasteiger partial charge in [0.05, 0.1) is 6.10 Å². The maximum Gasteiger partial charge on any atom is 0.335 e. The van der Waals surface area contributed by atoms with Gasteiger partial charge >= 0.3 is 5.97 Å². The molecule has 0 fully saturated rings. The molecule has 0 aromatic carbocycles. The number of rotatable bonds is 10. The highest BCUT2D eigenvalue weighted by atomic mass is 16.4. The summed E-state index contributed by atoms with van der Waals surface area (Å²) in [6, 6.07) is 0. The van der Waals surface area contributed by atoms with Gasteiger partial charge in [-0.15, -0.1) is 0 Å². The van der Waals surface area contributed by atoms with Crippen LogP contribution in [0, 0.1) is 0 Å². The fourth-order valence-electron chi connectivity index (χ4n) is 1.63. The van der Waals surface area contributed by atoms with Crippen LogP contribution in [0.4, 0.5) is 0 Å². The van der Waals surface area contributed by atoms with Crippen LogP contribution in [0.25, 0.3) is 0 Å². The van der Waals surface area contributed by atoms with E-state index in [2.05, 4.69) is 6.92 Å². The Balaban J connectivity index is 3.34. The summed E-state index contributed by atoms with van der Waals surface area (Å²) in [5.41, 5.74) is 0. The Morgan fingerprint density at radius 2 is 1.50 bits per heavy atom. The van der Waals surface area contributed by atoms with Crippen LogP contribution in [0.5, 0.6) is 0 Å². The van der Waals surface area contributed by atoms with Gasteiger partial charge in [0.2, 0.25) is 0 Å². The second kappa shape index (κ2) is 9.60. The van der Waals surface area contributed by atoms with Crippen molar-refractivity contribution >= 4 is 5.97 Å². The summed E-state index contributed by atoms with van der Waals surface area (Å²) in [6.07, 6.45) is 5.42. The molecule has 4 heteroatoms. The lowest BCUT2D eigenvalue weighted by Crippen LogP contribution is -2.33. The summed E-state index contributed by atoms with van der Waals surface area (Å²) in [5, 5.41) is 26.8. The highest BCUT2D eigenvalue weighted by Crippen LogP contribution is 2.11. The minimum absolute atomic E-state index is 0.362. The van der Waals surface area contributed by atoms with E-state index in [0.717, 1.165) is 19.3 Å². The molecule has 0 amide bonds. The van der Waals surface area contributed by atoms with E-state index in [4.69, 9.17) is 10.2 Å². The first kappa shape index (κ1) is 15.4. The van der Waals surface area contributed by atoms with Gasteiger partial charge in [-0.05, 0) is 6.42 Å². The third kappa shape index (κ3) is 7.65. The van der Waals surface area contributed by atoms with Crippen LogP contribution in [0.2, 0.25) is 0 Å². The zero-order valence-electron chi connectivity index (χ0n) is 10.1. The Hall–Kier alpha value is -0.610. The molecule has 3 N–H and O–H groups in total. The molecule has 0 heterocycles. The van der Waals surface area contributed by atoms with E-state index in [1.165, 1.54) is 25.7 Å². The van der Waals surface area contributed by atoms with Crippen molar-refractivity contribution < 1.29 is 20.1 Å². The average molecular weight is 232 g/mol. The van der Waals surface area contributed by atoms with Gasteiger partial charge in [0, 0.05) is 0 Å².